The normalized spacial score (nSPS) is 17.5. The van der Waals surface area contributed by atoms with Crippen LogP contribution < -0.4 is 0 Å². The Hall–Kier alpha value is -3.02. The minimum absolute atomic E-state index is 0.0225. The van der Waals surface area contributed by atoms with Crippen LogP contribution in [0.1, 0.15) is 53.5 Å². The first-order valence-electron chi connectivity index (χ1n) is 9.34. The number of likely N-dealkylation sites (tertiary alicyclic amines) is 1. The highest BCUT2D eigenvalue weighted by atomic mass is 16.5. The van der Waals surface area contributed by atoms with Crippen molar-refractivity contribution < 1.29 is 9.32 Å². The van der Waals surface area contributed by atoms with Crippen molar-refractivity contribution >= 4 is 5.91 Å². The molecule has 3 aromatic rings. The van der Waals surface area contributed by atoms with E-state index in [0.717, 1.165) is 36.8 Å². The van der Waals surface area contributed by atoms with Crippen LogP contribution in [0.25, 0.3) is 11.4 Å². The summed E-state index contributed by atoms with van der Waals surface area (Å²) in [4.78, 5) is 23.7. The van der Waals surface area contributed by atoms with Gasteiger partial charge in [0.1, 0.15) is 6.04 Å². The van der Waals surface area contributed by atoms with Crippen LogP contribution in [0.5, 0.6) is 0 Å². The highest BCUT2D eigenvalue weighted by molar-refractivity contribution is 5.94. The molecule has 1 unspecified atom stereocenters. The smallest absolute Gasteiger partial charge is 0.254 e. The predicted octanol–water partition coefficient (Wildman–Crippen LogP) is 4.20. The molecule has 138 valence electrons. The van der Waals surface area contributed by atoms with Crippen LogP contribution in [0.2, 0.25) is 0 Å². The second-order valence-electron chi connectivity index (χ2n) is 6.93. The lowest BCUT2D eigenvalue weighted by molar-refractivity contribution is 0.0644. The zero-order valence-corrected chi connectivity index (χ0v) is 15.3. The van der Waals surface area contributed by atoms with Crippen molar-refractivity contribution in [1.29, 1.82) is 0 Å². The number of rotatable bonds is 3. The van der Waals surface area contributed by atoms with E-state index in [-0.39, 0.29) is 11.9 Å². The first-order chi connectivity index (χ1) is 13.2. The Bertz CT molecular complexity index is 923. The molecule has 27 heavy (non-hydrogen) atoms. The summed E-state index contributed by atoms with van der Waals surface area (Å²) in [5.74, 6) is 1.05. The average molecular weight is 362 g/mol. The zero-order chi connectivity index (χ0) is 18.6. The van der Waals surface area contributed by atoms with Gasteiger partial charge in [0.05, 0.1) is 0 Å². The topological polar surface area (TPSA) is 72.1 Å². The molecule has 0 spiro atoms. The van der Waals surface area contributed by atoms with Crippen molar-refractivity contribution in [3.8, 4) is 11.4 Å². The second kappa shape index (κ2) is 7.70. The quantitative estimate of drug-likeness (QED) is 0.698. The number of hydrogen-bond donors (Lipinski definition) is 0. The van der Waals surface area contributed by atoms with Crippen molar-refractivity contribution in [1.82, 2.24) is 20.0 Å². The highest BCUT2D eigenvalue weighted by Crippen LogP contribution is 2.31. The Labute approximate surface area is 158 Å². The van der Waals surface area contributed by atoms with Crippen LogP contribution in [0, 0.1) is 6.92 Å². The summed E-state index contributed by atoms with van der Waals surface area (Å²) >= 11 is 0. The molecule has 0 radical (unpaired) electrons. The summed E-state index contributed by atoms with van der Waals surface area (Å²) in [7, 11) is 0. The first-order valence-corrected chi connectivity index (χ1v) is 9.34. The maximum Gasteiger partial charge on any atom is 0.254 e. The van der Waals surface area contributed by atoms with E-state index in [2.05, 4.69) is 15.1 Å². The summed E-state index contributed by atoms with van der Waals surface area (Å²) < 4.78 is 5.58. The van der Waals surface area contributed by atoms with E-state index in [1.165, 1.54) is 0 Å². The Morgan fingerprint density at radius 1 is 1.15 bits per heavy atom. The maximum absolute atomic E-state index is 13.2. The van der Waals surface area contributed by atoms with Gasteiger partial charge >= 0.3 is 0 Å². The largest absolute Gasteiger partial charge is 0.337 e. The maximum atomic E-state index is 13.2. The first kappa shape index (κ1) is 17.4. The lowest BCUT2D eigenvalue weighted by Crippen LogP contribution is -2.35. The summed E-state index contributed by atoms with van der Waals surface area (Å²) in [6.45, 7) is 2.69. The molecule has 4 rings (SSSR count). The Kier molecular flexibility index (Phi) is 4.96. The van der Waals surface area contributed by atoms with Gasteiger partial charge in [0.15, 0.2) is 0 Å². The Morgan fingerprint density at radius 2 is 2.00 bits per heavy atom. The van der Waals surface area contributed by atoms with Crippen LogP contribution >= 0.6 is 0 Å². The van der Waals surface area contributed by atoms with Gasteiger partial charge in [0.2, 0.25) is 11.7 Å². The molecular weight excluding hydrogens is 340 g/mol. The molecule has 0 bridgehead atoms. The van der Waals surface area contributed by atoms with E-state index in [1.807, 2.05) is 48.2 Å². The number of benzene rings is 1. The predicted molar refractivity (Wildman–Crippen MR) is 101 cm³/mol. The number of aromatic nitrogens is 3. The van der Waals surface area contributed by atoms with Crippen LogP contribution in [0.15, 0.2) is 53.3 Å². The number of nitrogens with zero attached hydrogens (tertiary/aromatic N) is 4. The van der Waals surface area contributed by atoms with Crippen molar-refractivity contribution in [3.63, 3.8) is 0 Å². The van der Waals surface area contributed by atoms with Crippen molar-refractivity contribution in [2.45, 2.75) is 38.6 Å². The lowest BCUT2D eigenvalue weighted by Gasteiger charge is -2.27. The SMILES string of the molecule is Cc1cccc(C(=O)N2CCCCCC2c2nc(-c3ccncc3)no2)c1. The number of carbonyl (C=O) groups is 1. The third-order valence-corrected chi connectivity index (χ3v) is 4.94. The molecular formula is C21H22N4O2. The van der Waals surface area contributed by atoms with E-state index in [1.54, 1.807) is 12.4 Å². The number of pyridine rings is 1. The van der Waals surface area contributed by atoms with Crippen LogP contribution in [-0.4, -0.2) is 32.5 Å². The molecule has 1 saturated heterocycles. The summed E-state index contributed by atoms with van der Waals surface area (Å²) in [5, 5.41) is 4.12. The van der Waals surface area contributed by atoms with Gasteiger partial charge in [-0.15, -0.1) is 0 Å². The highest BCUT2D eigenvalue weighted by Gasteiger charge is 2.31. The third-order valence-electron chi connectivity index (χ3n) is 4.94. The van der Waals surface area contributed by atoms with E-state index in [4.69, 9.17) is 4.52 Å². The fourth-order valence-electron chi connectivity index (χ4n) is 3.54. The fourth-order valence-corrected chi connectivity index (χ4v) is 3.54. The van der Waals surface area contributed by atoms with Crippen LogP contribution in [-0.2, 0) is 0 Å². The van der Waals surface area contributed by atoms with E-state index >= 15 is 0 Å². The molecule has 0 aliphatic carbocycles. The standard InChI is InChI=1S/C21H22N4O2/c1-15-6-5-7-17(14-15)21(26)25-13-4-2-3-8-18(25)20-23-19(24-27-20)16-9-11-22-12-10-16/h5-7,9-12,14,18H,2-4,8,13H2,1H3. The molecule has 0 saturated carbocycles. The number of aryl methyl sites for hydroxylation is 1. The van der Waals surface area contributed by atoms with Crippen LogP contribution in [0.3, 0.4) is 0 Å². The summed E-state index contributed by atoms with van der Waals surface area (Å²) in [6, 6.07) is 11.2. The minimum Gasteiger partial charge on any atom is -0.337 e. The van der Waals surface area contributed by atoms with Gasteiger partial charge in [-0.1, -0.05) is 35.7 Å². The molecule has 1 aromatic carbocycles. The molecule has 6 heteroatoms. The second-order valence-corrected chi connectivity index (χ2v) is 6.93. The zero-order valence-electron chi connectivity index (χ0n) is 15.3. The van der Waals surface area contributed by atoms with Gasteiger partial charge in [0, 0.05) is 30.1 Å². The summed E-state index contributed by atoms with van der Waals surface area (Å²) in [5.41, 5.74) is 2.63. The molecule has 1 fully saturated rings. The average Bonchev–Trinajstić information content (AvgIpc) is 3.06. The van der Waals surface area contributed by atoms with Crippen molar-refractivity contribution in [2.75, 3.05) is 6.54 Å². The van der Waals surface area contributed by atoms with E-state index < -0.39 is 0 Å². The molecule has 6 nitrogen and oxygen atoms in total. The van der Waals surface area contributed by atoms with Gasteiger partial charge < -0.3 is 9.42 Å². The van der Waals surface area contributed by atoms with Gasteiger partial charge in [-0.3, -0.25) is 9.78 Å². The summed E-state index contributed by atoms with van der Waals surface area (Å²) in [6.07, 6.45) is 7.35. The number of carbonyl (C=O) groups excluding carboxylic acids is 1. The monoisotopic (exact) mass is 362 g/mol. The van der Waals surface area contributed by atoms with Crippen molar-refractivity contribution in [2.24, 2.45) is 0 Å². The van der Waals surface area contributed by atoms with E-state index in [9.17, 15) is 4.79 Å². The number of hydrogen-bond acceptors (Lipinski definition) is 5. The number of amides is 1. The van der Waals surface area contributed by atoms with E-state index in [0.29, 0.717) is 23.8 Å². The van der Waals surface area contributed by atoms with Gasteiger partial charge in [0.25, 0.3) is 5.91 Å². The van der Waals surface area contributed by atoms with Gasteiger partial charge in [-0.2, -0.15) is 4.98 Å². The Morgan fingerprint density at radius 3 is 2.81 bits per heavy atom. The third kappa shape index (κ3) is 3.74. The van der Waals surface area contributed by atoms with Gasteiger partial charge in [-0.05, 0) is 44.0 Å². The minimum atomic E-state index is -0.191. The lowest BCUT2D eigenvalue weighted by atomic mass is 10.1. The Balaban J connectivity index is 1.64. The van der Waals surface area contributed by atoms with Crippen LogP contribution in [0.4, 0.5) is 0 Å². The molecule has 1 aliphatic heterocycles. The molecule has 1 aliphatic rings. The van der Waals surface area contributed by atoms with Gasteiger partial charge in [-0.25, -0.2) is 0 Å². The molecule has 2 aromatic heterocycles. The molecule has 3 heterocycles. The molecule has 1 atom stereocenters. The fraction of sp³-hybridized carbons (Fsp3) is 0.333. The molecule has 1 amide bonds. The van der Waals surface area contributed by atoms with Crippen molar-refractivity contribution in [3.05, 3.63) is 65.8 Å². The molecule has 0 N–H and O–H groups in total.